The number of rotatable bonds is 5. The minimum Gasteiger partial charge on any atom is -0.497 e. The summed E-state index contributed by atoms with van der Waals surface area (Å²) in [5.41, 5.74) is 3.55. The van der Waals surface area contributed by atoms with Crippen molar-refractivity contribution in [2.24, 2.45) is 0 Å². The van der Waals surface area contributed by atoms with E-state index in [1.54, 1.807) is 7.11 Å². The number of anilines is 3. The third-order valence-electron chi connectivity index (χ3n) is 6.00. The van der Waals surface area contributed by atoms with Crippen molar-refractivity contribution in [1.29, 1.82) is 0 Å². The molecular weight excluding hydrogens is 412 g/mol. The van der Waals surface area contributed by atoms with Crippen LogP contribution in [0.2, 0.25) is 0 Å². The van der Waals surface area contributed by atoms with Crippen molar-refractivity contribution in [3.05, 3.63) is 90.5 Å². The van der Waals surface area contributed by atoms with Gasteiger partial charge in [-0.1, -0.05) is 36.4 Å². The van der Waals surface area contributed by atoms with Gasteiger partial charge in [-0.25, -0.2) is 4.98 Å². The molecule has 0 saturated carbocycles. The molecule has 1 saturated heterocycles. The molecule has 1 aliphatic heterocycles. The molecule has 6 heteroatoms. The minimum absolute atomic E-state index is 0.0408. The quantitative estimate of drug-likeness (QED) is 0.478. The molecule has 2 heterocycles. The van der Waals surface area contributed by atoms with Gasteiger partial charge in [-0.05, 0) is 48.5 Å². The highest BCUT2D eigenvalue weighted by atomic mass is 16.5. The molecule has 1 aromatic heterocycles. The Kier molecular flexibility index (Phi) is 5.81. The van der Waals surface area contributed by atoms with Crippen molar-refractivity contribution in [2.75, 3.05) is 43.5 Å². The number of hydrogen-bond acceptors (Lipinski definition) is 5. The van der Waals surface area contributed by atoms with Gasteiger partial charge in [0.05, 0.1) is 18.2 Å². The Bertz CT molecular complexity index is 1250. The summed E-state index contributed by atoms with van der Waals surface area (Å²) in [7, 11) is 1.64. The molecular formula is C27H26N4O2. The molecule has 0 unspecified atom stereocenters. The van der Waals surface area contributed by atoms with Gasteiger partial charge < -0.3 is 19.9 Å². The number of piperazine rings is 1. The highest BCUT2D eigenvalue weighted by molar-refractivity contribution is 6.07. The summed E-state index contributed by atoms with van der Waals surface area (Å²) in [6, 6.07) is 27.7. The van der Waals surface area contributed by atoms with Crippen LogP contribution < -0.4 is 15.0 Å². The van der Waals surface area contributed by atoms with Crippen molar-refractivity contribution in [2.45, 2.75) is 0 Å². The van der Waals surface area contributed by atoms with E-state index in [4.69, 9.17) is 9.72 Å². The van der Waals surface area contributed by atoms with Gasteiger partial charge in [0.2, 0.25) is 0 Å². The van der Waals surface area contributed by atoms with Gasteiger partial charge in [-0.15, -0.1) is 0 Å². The van der Waals surface area contributed by atoms with Crippen molar-refractivity contribution >= 4 is 34.0 Å². The second kappa shape index (κ2) is 9.20. The summed E-state index contributed by atoms with van der Waals surface area (Å²) in [5.74, 6) is 1.47. The largest absolute Gasteiger partial charge is 0.497 e. The Labute approximate surface area is 193 Å². The van der Waals surface area contributed by atoms with Gasteiger partial charge in [0.15, 0.2) is 0 Å². The van der Waals surface area contributed by atoms with E-state index in [1.807, 2.05) is 77.7 Å². The molecule has 33 heavy (non-hydrogen) atoms. The number of nitrogens with one attached hydrogen (secondary N) is 1. The first-order valence-corrected chi connectivity index (χ1v) is 11.1. The van der Waals surface area contributed by atoms with E-state index < -0.39 is 0 Å². The number of carbonyl (C=O) groups is 1. The Balaban J connectivity index is 1.39. The van der Waals surface area contributed by atoms with Crippen molar-refractivity contribution < 1.29 is 9.53 Å². The SMILES string of the molecule is COc1ccc(Nc2cc(C(=O)N3CCN(c4ccccc4)CC3)c3ccccc3n2)cc1. The molecule has 0 aliphatic carbocycles. The predicted octanol–water partition coefficient (Wildman–Crippen LogP) is 4.95. The average molecular weight is 439 g/mol. The molecule has 0 bridgehead atoms. The number of benzene rings is 3. The zero-order chi connectivity index (χ0) is 22.6. The van der Waals surface area contributed by atoms with E-state index in [1.165, 1.54) is 5.69 Å². The number of amides is 1. The first-order valence-electron chi connectivity index (χ1n) is 11.1. The standard InChI is InChI=1S/C27H26N4O2/c1-33-22-13-11-20(12-14-22)28-26-19-24(23-9-5-6-10-25(23)29-26)27(32)31-17-15-30(16-18-31)21-7-3-2-4-8-21/h2-14,19H,15-18H2,1H3,(H,28,29). The second-order valence-corrected chi connectivity index (χ2v) is 8.04. The van der Waals surface area contributed by atoms with E-state index >= 15 is 0 Å². The zero-order valence-corrected chi connectivity index (χ0v) is 18.6. The van der Waals surface area contributed by atoms with E-state index in [2.05, 4.69) is 22.3 Å². The lowest BCUT2D eigenvalue weighted by Crippen LogP contribution is -2.48. The number of fused-ring (bicyclic) bond motifs is 1. The molecule has 1 fully saturated rings. The maximum Gasteiger partial charge on any atom is 0.254 e. The van der Waals surface area contributed by atoms with Gasteiger partial charge in [0, 0.05) is 42.9 Å². The number of para-hydroxylation sites is 2. The predicted molar refractivity (Wildman–Crippen MR) is 133 cm³/mol. The second-order valence-electron chi connectivity index (χ2n) is 8.04. The van der Waals surface area contributed by atoms with Crippen LogP contribution in [0.15, 0.2) is 84.9 Å². The topological polar surface area (TPSA) is 57.7 Å². The normalized spacial score (nSPS) is 13.7. The van der Waals surface area contributed by atoms with Gasteiger partial charge >= 0.3 is 0 Å². The summed E-state index contributed by atoms with van der Waals surface area (Å²) >= 11 is 0. The molecule has 5 rings (SSSR count). The fourth-order valence-electron chi connectivity index (χ4n) is 4.22. The smallest absolute Gasteiger partial charge is 0.254 e. The molecule has 0 spiro atoms. The lowest BCUT2D eigenvalue weighted by atomic mass is 10.1. The molecule has 0 atom stereocenters. The molecule has 6 nitrogen and oxygen atoms in total. The van der Waals surface area contributed by atoms with Crippen LogP contribution in [0, 0.1) is 0 Å². The number of nitrogens with zero attached hydrogens (tertiary/aromatic N) is 3. The summed E-state index contributed by atoms with van der Waals surface area (Å²) in [6.07, 6.45) is 0. The van der Waals surface area contributed by atoms with Gasteiger partial charge in [-0.2, -0.15) is 0 Å². The van der Waals surface area contributed by atoms with Crippen molar-refractivity contribution in [3.63, 3.8) is 0 Å². The summed E-state index contributed by atoms with van der Waals surface area (Å²) in [4.78, 5) is 22.6. The highest BCUT2D eigenvalue weighted by Gasteiger charge is 2.24. The fourth-order valence-corrected chi connectivity index (χ4v) is 4.22. The highest BCUT2D eigenvalue weighted by Crippen LogP contribution is 2.26. The monoisotopic (exact) mass is 438 g/mol. The van der Waals surface area contributed by atoms with Crippen LogP contribution in [0.5, 0.6) is 5.75 Å². The van der Waals surface area contributed by atoms with Crippen LogP contribution >= 0.6 is 0 Å². The summed E-state index contributed by atoms with van der Waals surface area (Å²) < 4.78 is 5.23. The Morgan fingerprint density at radius 3 is 2.30 bits per heavy atom. The first kappa shape index (κ1) is 20.8. The third-order valence-corrected chi connectivity index (χ3v) is 6.00. The first-order chi connectivity index (χ1) is 16.2. The molecule has 1 aliphatic rings. The summed E-state index contributed by atoms with van der Waals surface area (Å²) in [5, 5.41) is 4.20. The van der Waals surface area contributed by atoms with Gasteiger partial charge in [-0.3, -0.25) is 4.79 Å². The van der Waals surface area contributed by atoms with Crippen molar-refractivity contribution in [3.8, 4) is 5.75 Å². The number of methoxy groups -OCH3 is 1. The summed E-state index contributed by atoms with van der Waals surface area (Å²) in [6.45, 7) is 3.00. The Morgan fingerprint density at radius 1 is 0.879 bits per heavy atom. The number of carbonyl (C=O) groups excluding carboxylic acids is 1. The van der Waals surface area contributed by atoms with Crippen LogP contribution in [0.1, 0.15) is 10.4 Å². The van der Waals surface area contributed by atoms with Gasteiger partial charge in [0.25, 0.3) is 5.91 Å². The van der Waals surface area contributed by atoms with Crippen molar-refractivity contribution in [1.82, 2.24) is 9.88 Å². The number of aromatic nitrogens is 1. The Morgan fingerprint density at radius 2 is 1.58 bits per heavy atom. The maximum absolute atomic E-state index is 13.6. The van der Waals surface area contributed by atoms with E-state index in [0.29, 0.717) is 24.5 Å². The number of hydrogen-bond donors (Lipinski definition) is 1. The molecule has 166 valence electrons. The maximum atomic E-state index is 13.6. The van der Waals surface area contributed by atoms with Crippen LogP contribution in [-0.2, 0) is 0 Å². The minimum atomic E-state index is 0.0408. The molecule has 4 aromatic rings. The molecule has 1 N–H and O–H groups in total. The fraction of sp³-hybridized carbons (Fsp3) is 0.185. The van der Waals surface area contributed by atoms with Gasteiger partial charge in [0.1, 0.15) is 11.6 Å². The van der Waals surface area contributed by atoms with E-state index in [-0.39, 0.29) is 5.91 Å². The number of pyridine rings is 1. The lowest BCUT2D eigenvalue weighted by Gasteiger charge is -2.36. The average Bonchev–Trinajstić information content (AvgIpc) is 2.89. The van der Waals surface area contributed by atoms with Crippen LogP contribution in [0.3, 0.4) is 0 Å². The molecule has 1 amide bonds. The van der Waals surface area contributed by atoms with Crippen LogP contribution in [-0.4, -0.2) is 49.1 Å². The molecule has 3 aromatic carbocycles. The third kappa shape index (κ3) is 4.46. The van der Waals surface area contributed by atoms with E-state index in [9.17, 15) is 4.79 Å². The Hall–Kier alpha value is -4.06. The molecule has 0 radical (unpaired) electrons. The van der Waals surface area contributed by atoms with Crippen LogP contribution in [0.25, 0.3) is 10.9 Å². The number of ether oxygens (including phenoxy) is 1. The van der Waals surface area contributed by atoms with E-state index in [0.717, 1.165) is 35.4 Å². The lowest BCUT2D eigenvalue weighted by molar-refractivity contribution is 0.0748. The van der Waals surface area contributed by atoms with Crippen LogP contribution in [0.4, 0.5) is 17.2 Å². The zero-order valence-electron chi connectivity index (χ0n) is 18.6.